The average Bonchev–Trinajstić information content (AvgIpc) is 3.12. The molecule has 0 radical (unpaired) electrons. The van der Waals surface area contributed by atoms with Gasteiger partial charge in [0.15, 0.2) is 5.13 Å². The van der Waals surface area contributed by atoms with Crippen LogP contribution in [-0.2, 0) is 4.79 Å². The number of amides is 1. The number of nitrogens with zero attached hydrogens (tertiary/aromatic N) is 3. The summed E-state index contributed by atoms with van der Waals surface area (Å²) in [5.74, 6) is 3.90. The molecule has 0 N–H and O–H groups in total. The van der Waals surface area contributed by atoms with Gasteiger partial charge < -0.3 is 14.5 Å². The lowest BCUT2D eigenvalue weighted by Crippen LogP contribution is -2.40. The number of rotatable bonds is 4. The molecule has 26 heavy (non-hydrogen) atoms. The number of thioether (sulfide) groups is 1. The van der Waals surface area contributed by atoms with E-state index in [4.69, 9.17) is 9.72 Å². The van der Waals surface area contributed by atoms with Crippen molar-refractivity contribution >= 4 is 44.4 Å². The Morgan fingerprint density at radius 2 is 2.00 bits per heavy atom. The van der Waals surface area contributed by atoms with Crippen molar-refractivity contribution in [3.05, 3.63) is 18.2 Å². The number of methoxy groups -OCH3 is 1. The first kappa shape index (κ1) is 17.9. The van der Waals surface area contributed by atoms with E-state index >= 15 is 0 Å². The Kier molecular flexibility index (Phi) is 5.55. The van der Waals surface area contributed by atoms with Crippen molar-refractivity contribution < 1.29 is 9.53 Å². The van der Waals surface area contributed by atoms with Crippen LogP contribution in [0.4, 0.5) is 5.13 Å². The molecule has 0 saturated carbocycles. The second-order valence-corrected chi connectivity index (χ2v) is 9.19. The van der Waals surface area contributed by atoms with Crippen molar-refractivity contribution in [2.45, 2.75) is 19.3 Å². The minimum atomic E-state index is 0.357. The number of anilines is 1. The summed E-state index contributed by atoms with van der Waals surface area (Å²) in [5, 5.41) is 1.09. The second-order valence-electron chi connectivity index (χ2n) is 6.96. The van der Waals surface area contributed by atoms with Gasteiger partial charge in [-0.05, 0) is 30.9 Å². The van der Waals surface area contributed by atoms with Crippen molar-refractivity contribution in [2.24, 2.45) is 5.92 Å². The first-order valence-corrected chi connectivity index (χ1v) is 11.2. The third-order valence-electron chi connectivity index (χ3n) is 5.30. The minimum absolute atomic E-state index is 0.357. The van der Waals surface area contributed by atoms with Crippen LogP contribution in [0.3, 0.4) is 0 Å². The summed E-state index contributed by atoms with van der Waals surface area (Å²) in [6, 6.07) is 6.07. The molecule has 1 aromatic carbocycles. The Bertz CT molecular complexity index is 765. The minimum Gasteiger partial charge on any atom is -0.497 e. The molecule has 2 aliphatic heterocycles. The number of piperidine rings is 1. The number of fused-ring (bicyclic) bond motifs is 1. The lowest BCUT2D eigenvalue weighted by atomic mass is 9.93. The molecule has 1 amide bonds. The van der Waals surface area contributed by atoms with E-state index in [0.717, 1.165) is 73.3 Å². The van der Waals surface area contributed by atoms with Gasteiger partial charge >= 0.3 is 0 Å². The maximum atomic E-state index is 12.5. The van der Waals surface area contributed by atoms with E-state index in [1.807, 2.05) is 23.9 Å². The van der Waals surface area contributed by atoms with Crippen LogP contribution in [0, 0.1) is 5.92 Å². The molecule has 2 aliphatic rings. The number of thiazole rings is 1. The number of carbonyl (C=O) groups is 1. The number of hydrogen-bond donors (Lipinski definition) is 0. The van der Waals surface area contributed by atoms with Gasteiger partial charge in [-0.1, -0.05) is 11.3 Å². The zero-order chi connectivity index (χ0) is 17.9. The second kappa shape index (κ2) is 8.05. The van der Waals surface area contributed by atoms with Crippen molar-refractivity contribution in [3.8, 4) is 5.75 Å². The van der Waals surface area contributed by atoms with Gasteiger partial charge in [0, 0.05) is 50.2 Å². The van der Waals surface area contributed by atoms with Crippen LogP contribution in [0.25, 0.3) is 10.2 Å². The van der Waals surface area contributed by atoms with Gasteiger partial charge in [0.05, 0.1) is 17.3 Å². The van der Waals surface area contributed by atoms with Crippen LogP contribution in [0.2, 0.25) is 0 Å². The van der Waals surface area contributed by atoms with Crippen LogP contribution < -0.4 is 9.64 Å². The van der Waals surface area contributed by atoms with E-state index < -0.39 is 0 Å². The first-order valence-electron chi connectivity index (χ1n) is 9.28. The molecular formula is C19H25N3O2S2. The Labute approximate surface area is 162 Å². The van der Waals surface area contributed by atoms with Gasteiger partial charge in [-0.15, -0.1) is 0 Å². The van der Waals surface area contributed by atoms with Crippen LogP contribution in [0.1, 0.15) is 19.3 Å². The molecule has 0 unspecified atom stereocenters. The van der Waals surface area contributed by atoms with E-state index in [1.54, 1.807) is 18.4 Å². The highest BCUT2D eigenvalue weighted by atomic mass is 32.2. The van der Waals surface area contributed by atoms with Gasteiger partial charge in [0.25, 0.3) is 0 Å². The molecule has 0 bridgehead atoms. The third-order valence-corrected chi connectivity index (χ3v) is 7.34. The quantitative estimate of drug-likeness (QED) is 0.798. The van der Waals surface area contributed by atoms with Gasteiger partial charge in [-0.25, -0.2) is 4.98 Å². The number of carbonyl (C=O) groups excluding carboxylic acids is 1. The molecule has 4 rings (SSSR count). The van der Waals surface area contributed by atoms with E-state index in [2.05, 4.69) is 15.9 Å². The van der Waals surface area contributed by atoms with Crippen LogP contribution in [0.5, 0.6) is 5.75 Å². The van der Waals surface area contributed by atoms with Gasteiger partial charge in [0.1, 0.15) is 5.75 Å². The Hall–Kier alpha value is -1.47. The summed E-state index contributed by atoms with van der Waals surface area (Å²) in [5.41, 5.74) is 1.00. The highest BCUT2D eigenvalue weighted by Crippen LogP contribution is 2.33. The maximum absolute atomic E-state index is 12.5. The normalized spacial score (nSPS) is 19.1. The smallest absolute Gasteiger partial charge is 0.222 e. The molecular weight excluding hydrogens is 366 g/mol. The number of hydrogen-bond acceptors (Lipinski definition) is 6. The standard InChI is InChI=1S/C19H25N3O2S2/c1-24-15-2-3-17-16(13-15)20-19(26-17)22-6-4-14(5-7-22)12-18(23)21-8-10-25-11-9-21/h2-3,13-14H,4-12H2,1H3. The van der Waals surface area contributed by atoms with Crippen LogP contribution in [0.15, 0.2) is 18.2 Å². The van der Waals surface area contributed by atoms with E-state index in [1.165, 1.54) is 4.70 Å². The summed E-state index contributed by atoms with van der Waals surface area (Å²) in [6.07, 6.45) is 2.87. The zero-order valence-electron chi connectivity index (χ0n) is 15.1. The van der Waals surface area contributed by atoms with Crippen LogP contribution in [-0.4, -0.2) is 60.6 Å². The molecule has 2 aromatic rings. The van der Waals surface area contributed by atoms with Gasteiger partial charge in [-0.3, -0.25) is 4.79 Å². The van der Waals surface area contributed by atoms with E-state index in [-0.39, 0.29) is 0 Å². The van der Waals surface area contributed by atoms with Crippen molar-refractivity contribution in [2.75, 3.05) is 49.7 Å². The predicted molar refractivity (Wildman–Crippen MR) is 110 cm³/mol. The summed E-state index contributed by atoms with van der Waals surface area (Å²) in [7, 11) is 1.68. The van der Waals surface area contributed by atoms with E-state index in [9.17, 15) is 4.79 Å². The largest absolute Gasteiger partial charge is 0.497 e. The number of benzene rings is 1. The summed E-state index contributed by atoms with van der Waals surface area (Å²) >= 11 is 3.69. The summed E-state index contributed by atoms with van der Waals surface area (Å²) in [6.45, 7) is 3.84. The molecule has 7 heteroatoms. The lowest BCUT2D eigenvalue weighted by molar-refractivity contribution is -0.132. The fraction of sp³-hybridized carbons (Fsp3) is 0.579. The van der Waals surface area contributed by atoms with Gasteiger partial charge in [-0.2, -0.15) is 11.8 Å². The molecule has 2 fully saturated rings. The fourth-order valence-corrected chi connectivity index (χ4v) is 5.58. The number of aromatic nitrogens is 1. The molecule has 5 nitrogen and oxygen atoms in total. The molecule has 2 saturated heterocycles. The predicted octanol–water partition coefficient (Wildman–Crippen LogP) is 3.49. The number of ether oxygens (including phenoxy) is 1. The molecule has 0 spiro atoms. The topological polar surface area (TPSA) is 45.7 Å². The third kappa shape index (κ3) is 3.93. The van der Waals surface area contributed by atoms with Crippen molar-refractivity contribution in [1.29, 1.82) is 0 Å². The highest BCUT2D eigenvalue weighted by molar-refractivity contribution is 7.99. The molecule has 0 aliphatic carbocycles. The fourth-order valence-electron chi connectivity index (χ4n) is 3.67. The zero-order valence-corrected chi connectivity index (χ0v) is 16.8. The molecule has 0 atom stereocenters. The molecule has 140 valence electrons. The van der Waals surface area contributed by atoms with E-state index in [0.29, 0.717) is 11.8 Å². The average molecular weight is 392 g/mol. The Morgan fingerprint density at radius 3 is 2.73 bits per heavy atom. The summed E-state index contributed by atoms with van der Waals surface area (Å²) in [4.78, 5) is 21.7. The lowest BCUT2D eigenvalue weighted by Gasteiger charge is -2.33. The van der Waals surface area contributed by atoms with Crippen LogP contribution >= 0.6 is 23.1 Å². The van der Waals surface area contributed by atoms with Crippen molar-refractivity contribution in [1.82, 2.24) is 9.88 Å². The molecule has 1 aromatic heterocycles. The SMILES string of the molecule is COc1ccc2sc(N3CCC(CC(=O)N4CCSCC4)CC3)nc2c1. The maximum Gasteiger partial charge on any atom is 0.222 e. The van der Waals surface area contributed by atoms with Crippen molar-refractivity contribution in [3.63, 3.8) is 0 Å². The Balaban J connectivity index is 1.33. The van der Waals surface area contributed by atoms with Gasteiger partial charge in [0.2, 0.25) is 5.91 Å². The Morgan fingerprint density at radius 1 is 1.23 bits per heavy atom. The monoisotopic (exact) mass is 391 g/mol. The highest BCUT2D eigenvalue weighted by Gasteiger charge is 2.26. The first-order chi connectivity index (χ1) is 12.7. The molecule has 3 heterocycles. The summed E-state index contributed by atoms with van der Waals surface area (Å²) < 4.78 is 6.49.